The number of benzene rings is 13. The van der Waals surface area contributed by atoms with Crippen LogP contribution < -0.4 is 0 Å². The summed E-state index contributed by atoms with van der Waals surface area (Å²) in [5.74, 6) is 0.700. The number of rotatable bonds is 76. The molecule has 6 heteroatoms. The predicted molar refractivity (Wildman–Crippen MR) is 615 cm³/mol. The van der Waals surface area contributed by atoms with E-state index in [9.17, 15) is 9.59 Å². The molecule has 0 aliphatic rings. The molecule has 0 amide bonds. The SMILES string of the molecule is CCCCCCCCCCCCCC(CCCCCCCCCC)OC(=O)c1ccc(-c2cc3c4c5c2cccc5c2ccc5c6ccc7c8cccc9c(-c%10ccc(C(=O)OC(CCCCCCCCCC)CCCCCCCCCCCCC)cc%10)cc%10c(c98)c8c7c6c(cc8n%10CC(CCCCCC)CCCCCCCC)c6cc(c4c2c56)n3CC(CCCCCC)CCCCCCCC)cc1. The lowest BCUT2D eigenvalue weighted by molar-refractivity contribution is 0.0239. The van der Waals surface area contributed by atoms with Crippen LogP contribution in [0.3, 0.4) is 0 Å². The Bertz CT molecular complexity index is 5740. The lowest BCUT2D eigenvalue weighted by Crippen LogP contribution is -2.18. The minimum absolute atomic E-state index is 0.0585. The van der Waals surface area contributed by atoms with Crippen molar-refractivity contribution >= 4 is 142 Å². The molecule has 0 aliphatic heterocycles. The molecule has 0 fully saturated rings. The number of fused-ring (bicyclic) bond motifs is 4. The third-order valence-electron chi connectivity index (χ3n) is 33.8. The van der Waals surface area contributed by atoms with Gasteiger partial charge in [-0.3, -0.25) is 0 Å². The monoisotopic (exact) mass is 1890 g/mol. The standard InChI is InChI=1S/C134H186N2O4/c1-9-17-25-33-39-43-45-47-51-57-65-75-105(73-63-55-49-41-35-27-19-11-3)139-133(137)103-85-81-101(82-86-103)115-93-119-129-123-107(77-67-79-109(115)123)113-91-89-111-112-90-92-114-108-78-68-80-110-116(102-83-87-104(88-84-102)134(138)140-106(74-64-56-50-42-36-28-20-12-4)76-66-58-52-48-46-44-40-34-26-18-10-2)94-120-130(124(108)110)132-122(136(120)98-100(70-60-32-24-16-8)72-62-54-38-30-22-14-6)96-118(126(112)128(114)132)117-95-121(131(129)127(113)125(111)117)135(119)97-99(69-59-31-23-15-7)71-61-53-37-29-21-13-5/h67-68,77-96,99-100,105-106H,9-66,69-76,97-98H2,1-8H3. The Kier molecular flexibility index (Phi) is 42.7. The van der Waals surface area contributed by atoms with Crippen molar-refractivity contribution < 1.29 is 19.1 Å². The van der Waals surface area contributed by atoms with Crippen molar-refractivity contribution in [1.82, 2.24) is 9.13 Å². The molecule has 140 heavy (non-hydrogen) atoms. The fourth-order valence-corrected chi connectivity index (χ4v) is 25.7. The van der Waals surface area contributed by atoms with Crippen molar-refractivity contribution in [3.05, 3.63) is 145 Å². The van der Waals surface area contributed by atoms with Gasteiger partial charge in [-0.05, 0) is 224 Å². The Morgan fingerprint density at radius 2 is 0.414 bits per heavy atom. The van der Waals surface area contributed by atoms with Crippen molar-refractivity contribution in [2.24, 2.45) is 11.8 Å². The van der Waals surface area contributed by atoms with Crippen LogP contribution in [0.25, 0.3) is 152 Å². The zero-order valence-electron chi connectivity index (χ0n) is 89.6. The van der Waals surface area contributed by atoms with Crippen LogP contribution in [0.4, 0.5) is 0 Å². The quantitative estimate of drug-likeness (QED) is 0.0165. The van der Waals surface area contributed by atoms with Gasteiger partial charge in [0.1, 0.15) is 12.2 Å². The Labute approximate surface area is 847 Å². The molecule has 0 spiro atoms. The summed E-state index contributed by atoms with van der Waals surface area (Å²) in [6, 6.07) is 52.8. The van der Waals surface area contributed by atoms with Gasteiger partial charge in [0.2, 0.25) is 0 Å². The highest BCUT2D eigenvalue weighted by molar-refractivity contribution is 6.51. The van der Waals surface area contributed by atoms with Crippen molar-refractivity contribution in [2.75, 3.05) is 0 Å². The average molecular weight is 1890 g/mol. The van der Waals surface area contributed by atoms with Crippen LogP contribution in [-0.2, 0) is 22.6 Å². The number of aromatic nitrogens is 2. The molecule has 4 atom stereocenters. The minimum Gasteiger partial charge on any atom is -0.459 e. The highest BCUT2D eigenvalue weighted by atomic mass is 16.5. The molecule has 2 heterocycles. The fraction of sp³-hybridized carbons (Fsp3) is 0.597. The molecule has 0 N–H and O–H groups in total. The van der Waals surface area contributed by atoms with E-state index in [0.29, 0.717) is 23.0 Å². The maximum Gasteiger partial charge on any atom is 0.338 e. The van der Waals surface area contributed by atoms with E-state index in [1.165, 1.54) is 513 Å². The molecular weight excluding hydrogens is 1700 g/mol. The van der Waals surface area contributed by atoms with Crippen molar-refractivity contribution in [1.29, 1.82) is 0 Å². The van der Waals surface area contributed by atoms with Crippen LogP contribution in [0, 0.1) is 11.8 Å². The lowest BCUT2D eigenvalue weighted by Gasteiger charge is -2.22. The van der Waals surface area contributed by atoms with Crippen LogP contribution >= 0.6 is 0 Å². The third-order valence-corrected chi connectivity index (χ3v) is 33.8. The number of carbonyl (C=O) groups excluding carboxylic acids is 2. The first-order chi connectivity index (χ1) is 69.1. The molecule has 2 aromatic heterocycles. The topological polar surface area (TPSA) is 62.5 Å². The Balaban J connectivity index is 0.842. The van der Waals surface area contributed by atoms with E-state index >= 15 is 0 Å². The second kappa shape index (κ2) is 56.3. The van der Waals surface area contributed by atoms with Gasteiger partial charge in [-0.2, -0.15) is 0 Å². The molecule has 0 aliphatic carbocycles. The summed E-state index contributed by atoms with van der Waals surface area (Å²) in [4.78, 5) is 29.6. The van der Waals surface area contributed by atoms with Crippen LogP contribution in [0.15, 0.2) is 133 Å². The first-order valence-electron chi connectivity index (χ1n) is 59.8. The summed E-state index contributed by atoms with van der Waals surface area (Å²) in [5.41, 5.74) is 11.5. The second-order valence-electron chi connectivity index (χ2n) is 44.7. The number of hydrogen-bond donors (Lipinski definition) is 0. The maximum absolute atomic E-state index is 14.8. The number of carbonyl (C=O) groups is 2. The zero-order chi connectivity index (χ0) is 97.0. The number of esters is 2. The molecule has 0 saturated carbocycles. The molecule has 0 saturated heterocycles. The molecule has 15 aromatic rings. The first kappa shape index (κ1) is 106. The van der Waals surface area contributed by atoms with E-state index in [4.69, 9.17) is 9.47 Å². The highest BCUT2D eigenvalue weighted by Crippen LogP contribution is 2.57. The van der Waals surface area contributed by atoms with Gasteiger partial charge in [0.25, 0.3) is 0 Å². The average Bonchev–Trinajstić information content (AvgIpc) is 1.45. The number of unbranched alkanes of at least 4 members (excludes halogenated alkanes) is 50. The molecule has 4 unspecified atom stereocenters. The number of nitrogens with zero attached hydrogens (tertiary/aromatic N) is 2. The number of ether oxygens (including phenoxy) is 2. The van der Waals surface area contributed by atoms with Crippen molar-refractivity contribution in [2.45, 2.75) is 504 Å². The van der Waals surface area contributed by atoms with E-state index in [-0.39, 0.29) is 24.1 Å². The van der Waals surface area contributed by atoms with Crippen molar-refractivity contribution in [3.63, 3.8) is 0 Å². The van der Waals surface area contributed by atoms with Gasteiger partial charge in [-0.15, -0.1) is 0 Å². The molecule has 6 nitrogen and oxygen atoms in total. The Morgan fingerprint density at radius 3 is 0.686 bits per heavy atom. The van der Waals surface area contributed by atoms with Gasteiger partial charge in [0.15, 0.2) is 0 Å². The van der Waals surface area contributed by atoms with Gasteiger partial charge in [-0.1, -0.05) is 487 Å². The zero-order valence-corrected chi connectivity index (χ0v) is 89.6. The summed E-state index contributed by atoms with van der Waals surface area (Å²) in [5, 5.41) is 27.4. The van der Waals surface area contributed by atoms with Gasteiger partial charge in [-0.25, -0.2) is 9.59 Å². The molecule has 756 valence electrons. The maximum atomic E-state index is 14.8. The van der Waals surface area contributed by atoms with Crippen molar-refractivity contribution in [3.8, 4) is 22.3 Å². The van der Waals surface area contributed by atoms with E-state index in [1.807, 2.05) is 0 Å². The first-order valence-corrected chi connectivity index (χ1v) is 59.8. The van der Waals surface area contributed by atoms with Gasteiger partial charge in [0, 0.05) is 56.2 Å². The second-order valence-corrected chi connectivity index (χ2v) is 44.7. The smallest absolute Gasteiger partial charge is 0.338 e. The normalized spacial score (nSPS) is 13.3. The minimum atomic E-state index is -0.171. The van der Waals surface area contributed by atoms with Crippen LogP contribution in [0.1, 0.15) is 500 Å². The van der Waals surface area contributed by atoms with Gasteiger partial charge in [0.05, 0.1) is 33.2 Å². The fourth-order valence-electron chi connectivity index (χ4n) is 25.7. The predicted octanol–water partition coefficient (Wildman–Crippen LogP) is 43.8. The Morgan fingerprint density at radius 1 is 0.207 bits per heavy atom. The van der Waals surface area contributed by atoms with E-state index in [1.54, 1.807) is 0 Å². The summed E-state index contributed by atoms with van der Waals surface area (Å²) in [6.45, 7) is 20.6. The van der Waals surface area contributed by atoms with Gasteiger partial charge < -0.3 is 18.6 Å². The molecule has 15 rings (SSSR count). The summed E-state index contributed by atoms with van der Waals surface area (Å²) < 4.78 is 19.2. The lowest BCUT2D eigenvalue weighted by atomic mass is 9.81. The summed E-state index contributed by atoms with van der Waals surface area (Å²) in [7, 11) is 0. The molecular formula is C134H186N2O4. The summed E-state index contributed by atoms with van der Waals surface area (Å²) in [6.07, 6.45) is 83.8. The van der Waals surface area contributed by atoms with E-state index < -0.39 is 0 Å². The largest absolute Gasteiger partial charge is 0.459 e. The summed E-state index contributed by atoms with van der Waals surface area (Å²) >= 11 is 0. The molecule has 0 radical (unpaired) electrons. The van der Waals surface area contributed by atoms with E-state index in [0.717, 1.165) is 75.6 Å². The van der Waals surface area contributed by atoms with Crippen LogP contribution in [-0.4, -0.2) is 33.3 Å². The van der Waals surface area contributed by atoms with E-state index in [2.05, 4.69) is 198 Å². The third kappa shape index (κ3) is 26.7. The number of hydrogen-bond acceptors (Lipinski definition) is 4. The van der Waals surface area contributed by atoms with Crippen LogP contribution in [0.5, 0.6) is 0 Å². The molecule has 0 bridgehead atoms. The van der Waals surface area contributed by atoms with Crippen LogP contribution in [0.2, 0.25) is 0 Å². The molecule has 13 aromatic carbocycles. The Hall–Kier alpha value is -8.22. The van der Waals surface area contributed by atoms with Gasteiger partial charge >= 0.3 is 11.9 Å². The highest BCUT2D eigenvalue weighted by Gasteiger charge is 2.33.